The molecule has 0 aromatic rings. The van der Waals surface area contributed by atoms with Gasteiger partial charge >= 0.3 is 0 Å². The molecule has 15 heavy (non-hydrogen) atoms. The van der Waals surface area contributed by atoms with E-state index < -0.39 is 17.1 Å². The average molecular weight is 210 g/mol. The number of fused-ring (bicyclic) bond motifs is 1. The van der Waals surface area contributed by atoms with Crippen molar-refractivity contribution >= 4 is 5.78 Å². The molecule has 0 unspecified atom stereocenters. The van der Waals surface area contributed by atoms with Crippen molar-refractivity contribution in [2.24, 2.45) is 5.41 Å². The molecular weight excluding hydrogens is 192 g/mol. The van der Waals surface area contributed by atoms with Gasteiger partial charge in [0.05, 0.1) is 5.60 Å². The van der Waals surface area contributed by atoms with Crippen LogP contribution >= 0.6 is 0 Å². The highest BCUT2D eigenvalue weighted by atomic mass is 16.3. The fourth-order valence-electron chi connectivity index (χ4n) is 2.86. The molecule has 2 aliphatic carbocycles. The molecule has 0 saturated heterocycles. The van der Waals surface area contributed by atoms with Crippen LogP contribution in [-0.2, 0) is 4.79 Å². The zero-order valence-electron chi connectivity index (χ0n) is 9.29. The molecule has 3 heteroatoms. The second-order valence-electron chi connectivity index (χ2n) is 5.25. The van der Waals surface area contributed by atoms with E-state index in [1.54, 1.807) is 6.08 Å². The lowest BCUT2D eigenvalue weighted by Crippen LogP contribution is -2.52. The molecule has 0 bridgehead atoms. The lowest BCUT2D eigenvalue weighted by molar-refractivity contribution is -0.131. The summed E-state index contributed by atoms with van der Waals surface area (Å²) in [4.78, 5) is 11.4. The number of hydrogen-bond acceptors (Lipinski definition) is 3. The monoisotopic (exact) mass is 210 g/mol. The van der Waals surface area contributed by atoms with E-state index >= 15 is 0 Å². The number of aliphatic hydroxyl groups excluding tert-OH is 1. The highest BCUT2D eigenvalue weighted by Crippen LogP contribution is 2.52. The summed E-state index contributed by atoms with van der Waals surface area (Å²) in [6, 6.07) is 0. The van der Waals surface area contributed by atoms with E-state index in [0.717, 1.165) is 24.8 Å². The van der Waals surface area contributed by atoms with Crippen molar-refractivity contribution in [1.29, 1.82) is 0 Å². The number of rotatable bonds is 0. The van der Waals surface area contributed by atoms with Crippen LogP contribution < -0.4 is 0 Å². The maximum atomic E-state index is 11.4. The first-order chi connectivity index (χ1) is 6.87. The van der Waals surface area contributed by atoms with Gasteiger partial charge in [0.2, 0.25) is 0 Å². The Morgan fingerprint density at radius 2 is 2.13 bits per heavy atom. The molecule has 0 radical (unpaired) electrons. The second kappa shape index (κ2) is 3.16. The van der Waals surface area contributed by atoms with Gasteiger partial charge in [-0.15, -0.1) is 0 Å². The standard InChI is InChI=1S/C12H18O3/c1-11-7-10(14)9(13)6-8(11)4-3-5-12(11,2)15/h6,10,14-15H,3-5,7H2,1-2H3/t10-,11-,12-/m1/s1. The Kier molecular flexibility index (Phi) is 2.28. The van der Waals surface area contributed by atoms with E-state index in [1.807, 2.05) is 13.8 Å². The van der Waals surface area contributed by atoms with Crippen LogP contribution in [0.3, 0.4) is 0 Å². The Balaban J connectivity index is 2.45. The predicted octanol–water partition coefficient (Wildman–Crippen LogP) is 1.19. The van der Waals surface area contributed by atoms with Gasteiger partial charge in [-0.25, -0.2) is 0 Å². The third kappa shape index (κ3) is 1.45. The van der Waals surface area contributed by atoms with Gasteiger partial charge in [0.15, 0.2) is 5.78 Å². The van der Waals surface area contributed by atoms with E-state index in [1.165, 1.54) is 0 Å². The summed E-state index contributed by atoms with van der Waals surface area (Å²) in [7, 11) is 0. The molecule has 3 nitrogen and oxygen atoms in total. The maximum absolute atomic E-state index is 11.4. The summed E-state index contributed by atoms with van der Waals surface area (Å²) in [5.74, 6) is -0.208. The molecule has 2 aliphatic rings. The number of ketones is 1. The topological polar surface area (TPSA) is 57.5 Å². The van der Waals surface area contributed by atoms with Gasteiger partial charge in [-0.2, -0.15) is 0 Å². The van der Waals surface area contributed by atoms with E-state index in [-0.39, 0.29) is 5.78 Å². The van der Waals surface area contributed by atoms with Crippen LogP contribution in [0.5, 0.6) is 0 Å². The summed E-state index contributed by atoms with van der Waals surface area (Å²) >= 11 is 0. The van der Waals surface area contributed by atoms with Crippen molar-refractivity contribution in [3.63, 3.8) is 0 Å². The van der Waals surface area contributed by atoms with Gasteiger partial charge in [-0.05, 0) is 38.7 Å². The third-order valence-corrected chi connectivity index (χ3v) is 4.25. The molecule has 0 aromatic carbocycles. The molecular formula is C12H18O3. The Labute approximate surface area is 89.8 Å². The highest BCUT2D eigenvalue weighted by Gasteiger charge is 2.51. The fourth-order valence-corrected chi connectivity index (χ4v) is 2.86. The molecule has 0 aromatic heterocycles. The van der Waals surface area contributed by atoms with Crippen molar-refractivity contribution in [3.8, 4) is 0 Å². The largest absolute Gasteiger partial charge is 0.389 e. The zero-order chi connectivity index (χ0) is 11.3. The fraction of sp³-hybridized carbons (Fsp3) is 0.750. The second-order valence-corrected chi connectivity index (χ2v) is 5.25. The van der Waals surface area contributed by atoms with Crippen molar-refractivity contribution < 1.29 is 15.0 Å². The third-order valence-electron chi connectivity index (χ3n) is 4.25. The highest BCUT2D eigenvalue weighted by molar-refractivity contribution is 5.95. The van der Waals surface area contributed by atoms with E-state index in [9.17, 15) is 15.0 Å². The molecule has 0 spiro atoms. The van der Waals surface area contributed by atoms with Crippen molar-refractivity contribution in [2.45, 2.75) is 51.2 Å². The van der Waals surface area contributed by atoms with E-state index in [0.29, 0.717) is 6.42 Å². The van der Waals surface area contributed by atoms with Gasteiger partial charge in [0.25, 0.3) is 0 Å². The first kappa shape index (κ1) is 10.8. The molecule has 1 saturated carbocycles. The molecule has 1 fully saturated rings. The summed E-state index contributed by atoms with van der Waals surface area (Å²) in [5, 5.41) is 20.0. The molecule has 2 N–H and O–H groups in total. The van der Waals surface area contributed by atoms with Crippen molar-refractivity contribution in [3.05, 3.63) is 11.6 Å². The van der Waals surface area contributed by atoms with Crippen LogP contribution in [0, 0.1) is 5.41 Å². The summed E-state index contributed by atoms with van der Waals surface area (Å²) in [5.41, 5.74) is -0.230. The molecule has 0 amide bonds. The van der Waals surface area contributed by atoms with Gasteiger partial charge in [-0.3, -0.25) is 4.79 Å². The summed E-state index contributed by atoms with van der Waals surface area (Å²) in [6.07, 6.45) is 3.47. The lowest BCUT2D eigenvalue weighted by Gasteiger charge is -2.50. The van der Waals surface area contributed by atoms with Crippen molar-refractivity contribution in [2.75, 3.05) is 0 Å². The molecule has 3 atom stereocenters. The van der Waals surface area contributed by atoms with Crippen LogP contribution in [0.25, 0.3) is 0 Å². The van der Waals surface area contributed by atoms with E-state index in [4.69, 9.17) is 0 Å². The first-order valence-electron chi connectivity index (χ1n) is 5.52. The Morgan fingerprint density at radius 3 is 2.80 bits per heavy atom. The average Bonchev–Trinajstić information content (AvgIpc) is 2.11. The quantitative estimate of drug-likeness (QED) is 0.631. The number of carbonyl (C=O) groups is 1. The zero-order valence-corrected chi connectivity index (χ0v) is 9.29. The van der Waals surface area contributed by atoms with Crippen LogP contribution in [0.1, 0.15) is 39.5 Å². The molecule has 84 valence electrons. The van der Waals surface area contributed by atoms with Crippen LogP contribution in [0.2, 0.25) is 0 Å². The minimum atomic E-state index is -0.941. The Hall–Kier alpha value is -0.670. The lowest BCUT2D eigenvalue weighted by atomic mass is 9.57. The van der Waals surface area contributed by atoms with Crippen LogP contribution in [0.4, 0.5) is 0 Å². The number of carbonyl (C=O) groups excluding carboxylic acids is 1. The minimum Gasteiger partial charge on any atom is -0.389 e. The van der Waals surface area contributed by atoms with E-state index in [2.05, 4.69) is 0 Å². The van der Waals surface area contributed by atoms with Gasteiger partial charge < -0.3 is 10.2 Å². The first-order valence-corrected chi connectivity index (χ1v) is 5.52. The Morgan fingerprint density at radius 1 is 1.47 bits per heavy atom. The summed E-state index contributed by atoms with van der Waals surface area (Å²) < 4.78 is 0. The van der Waals surface area contributed by atoms with Crippen LogP contribution in [-0.4, -0.2) is 27.7 Å². The van der Waals surface area contributed by atoms with Gasteiger partial charge in [0.1, 0.15) is 6.10 Å². The Bertz CT molecular complexity index is 330. The number of aliphatic hydroxyl groups is 2. The molecule has 0 aliphatic heterocycles. The normalized spacial score (nSPS) is 46.0. The van der Waals surface area contributed by atoms with Gasteiger partial charge in [-0.1, -0.05) is 12.5 Å². The smallest absolute Gasteiger partial charge is 0.184 e. The number of hydrogen-bond donors (Lipinski definition) is 2. The predicted molar refractivity (Wildman–Crippen MR) is 56.3 cm³/mol. The SMILES string of the molecule is C[C@@]1(O)CCCC2=CC(=O)[C@H](O)C[C@]21C. The minimum absolute atomic E-state index is 0.208. The van der Waals surface area contributed by atoms with Crippen molar-refractivity contribution in [1.82, 2.24) is 0 Å². The molecule has 2 rings (SSSR count). The molecule has 0 heterocycles. The van der Waals surface area contributed by atoms with Gasteiger partial charge in [0, 0.05) is 5.41 Å². The maximum Gasteiger partial charge on any atom is 0.184 e. The summed E-state index contributed by atoms with van der Waals surface area (Å²) in [6.45, 7) is 3.76. The van der Waals surface area contributed by atoms with Crippen LogP contribution in [0.15, 0.2) is 11.6 Å².